The second-order valence-electron chi connectivity index (χ2n) is 2.89. The lowest BCUT2D eigenvalue weighted by molar-refractivity contribution is -0.397. The fourth-order valence-corrected chi connectivity index (χ4v) is 1.38. The maximum absolute atomic E-state index is 11.5. The van der Waals surface area contributed by atoms with Crippen molar-refractivity contribution < 1.29 is 10.0 Å². The summed E-state index contributed by atoms with van der Waals surface area (Å²) in [6.45, 7) is 0. The molecule has 4 heteroatoms. The first-order chi connectivity index (χ1) is 6.70. The third-order valence-corrected chi connectivity index (χ3v) is 2.06. The molecule has 0 N–H and O–H groups in total. The smallest absolute Gasteiger partial charge is 0.262 e. The number of nitro benzene ring substituents is 1. The number of hydrogen-bond acceptors (Lipinski definition) is 3. The summed E-state index contributed by atoms with van der Waals surface area (Å²) >= 11 is 0. The maximum Gasteiger partial charge on any atom is 0.262 e. The van der Waals surface area contributed by atoms with Gasteiger partial charge in [-0.2, -0.15) is 0 Å². The van der Waals surface area contributed by atoms with Crippen LogP contribution in [0.1, 0.15) is 0 Å². The van der Waals surface area contributed by atoms with E-state index in [1.165, 1.54) is 6.07 Å². The van der Waals surface area contributed by atoms with Crippen LogP contribution >= 0.6 is 0 Å². The molecule has 0 aliphatic rings. The fourth-order valence-electron chi connectivity index (χ4n) is 1.38. The molecule has 0 atom stereocenters. The molecule has 0 spiro atoms. The van der Waals surface area contributed by atoms with Crippen LogP contribution in [0, 0.1) is 10.1 Å². The van der Waals surface area contributed by atoms with Crippen LogP contribution < -0.4 is 5.11 Å². The molecule has 4 nitrogen and oxygen atoms in total. The van der Waals surface area contributed by atoms with E-state index in [9.17, 15) is 15.2 Å². The van der Waals surface area contributed by atoms with E-state index in [0.717, 1.165) is 5.39 Å². The summed E-state index contributed by atoms with van der Waals surface area (Å²) in [6.07, 6.45) is 0. The number of rotatable bonds is 1. The van der Waals surface area contributed by atoms with Crippen molar-refractivity contribution in [3.05, 3.63) is 46.5 Å². The zero-order valence-electron chi connectivity index (χ0n) is 7.14. The van der Waals surface area contributed by atoms with Crippen molar-refractivity contribution in [2.45, 2.75) is 0 Å². The van der Waals surface area contributed by atoms with Crippen molar-refractivity contribution in [2.75, 3.05) is 0 Å². The average Bonchev–Trinajstić information content (AvgIpc) is 2.18. The molecule has 0 aliphatic carbocycles. The molecule has 2 aromatic rings. The highest BCUT2D eigenvalue weighted by Crippen LogP contribution is 2.31. The van der Waals surface area contributed by atoms with Gasteiger partial charge < -0.3 is 5.11 Å². The second kappa shape index (κ2) is 2.99. The summed E-state index contributed by atoms with van der Waals surface area (Å²) < 4.78 is 0. The average molecular weight is 188 g/mol. The fraction of sp³-hybridized carbons (Fsp3) is 0. The highest BCUT2D eigenvalue weighted by molar-refractivity contribution is 5.91. The molecule has 0 saturated carbocycles. The first-order valence-electron chi connectivity index (χ1n) is 4.03. The van der Waals surface area contributed by atoms with Gasteiger partial charge in [-0.3, -0.25) is 10.1 Å². The molecule has 0 bridgehead atoms. The third-order valence-electron chi connectivity index (χ3n) is 2.06. The zero-order valence-corrected chi connectivity index (χ0v) is 7.14. The molecule has 0 heterocycles. The Labute approximate surface area is 79.6 Å². The lowest BCUT2D eigenvalue weighted by atomic mass is 10.1. The van der Waals surface area contributed by atoms with Crippen LogP contribution in [-0.2, 0) is 0 Å². The van der Waals surface area contributed by atoms with E-state index in [1.807, 2.05) is 0 Å². The quantitative estimate of drug-likeness (QED) is 0.506. The van der Waals surface area contributed by atoms with Crippen LogP contribution in [0.3, 0.4) is 0 Å². The van der Waals surface area contributed by atoms with Gasteiger partial charge >= 0.3 is 0 Å². The molecule has 0 fully saturated rings. The van der Waals surface area contributed by atoms with Gasteiger partial charge in [0.2, 0.25) is 0 Å². The normalized spacial score (nSPS) is 10.3. The largest absolute Gasteiger partial charge is 0.867 e. The van der Waals surface area contributed by atoms with Crippen molar-refractivity contribution in [1.82, 2.24) is 0 Å². The van der Waals surface area contributed by atoms with Crippen LogP contribution in [0.15, 0.2) is 36.4 Å². The summed E-state index contributed by atoms with van der Waals surface area (Å²) in [4.78, 5) is 9.81. The zero-order chi connectivity index (χ0) is 10.1. The molecule has 14 heavy (non-hydrogen) atoms. The van der Waals surface area contributed by atoms with E-state index >= 15 is 0 Å². The molecule has 0 radical (unpaired) electrons. The van der Waals surface area contributed by atoms with Crippen molar-refractivity contribution in [3.8, 4) is 5.75 Å². The first-order valence-corrected chi connectivity index (χ1v) is 4.03. The van der Waals surface area contributed by atoms with Gasteiger partial charge in [0.1, 0.15) is 0 Å². The Bertz CT molecular complexity index is 508. The minimum Gasteiger partial charge on any atom is -0.867 e. The molecular formula is C10H6NO3-. The Hall–Kier alpha value is -2.10. The van der Waals surface area contributed by atoms with Crippen LogP contribution in [-0.4, -0.2) is 4.92 Å². The molecular weight excluding hydrogens is 182 g/mol. The van der Waals surface area contributed by atoms with Gasteiger partial charge in [-0.15, -0.1) is 0 Å². The van der Waals surface area contributed by atoms with Gasteiger partial charge in [-0.1, -0.05) is 24.3 Å². The van der Waals surface area contributed by atoms with Gasteiger partial charge in [-0.25, -0.2) is 0 Å². The van der Waals surface area contributed by atoms with E-state index < -0.39 is 10.7 Å². The summed E-state index contributed by atoms with van der Waals surface area (Å²) in [5.74, 6) is -0.520. The van der Waals surface area contributed by atoms with Crippen molar-refractivity contribution in [1.29, 1.82) is 0 Å². The standard InChI is InChI=1S/C10H7NO3/c12-10-8-4-2-1-3-7(8)5-6-9(10)11(13)14/h1-6,12H/p-1. The van der Waals surface area contributed by atoms with E-state index in [0.29, 0.717) is 5.39 Å². The minimum absolute atomic E-state index is 0.372. The highest BCUT2D eigenvalue weighted by Gasteiger charge is 2.07. The van der Waals surface area contributed by atoms with Crippen molar-refractivity contribution in [3.63, 3.8) is 0 Å². The first kappa shape index (κ1) is 8.50. The molecule has 2 rings (SSSR count). The minimum atomic E-state index is -0.658. The number of nitrogens with zero attached hydrogens (tertiary/aromatic N) is 1. The predicted molar refractivity (Wildman–Crippen MR) is 50.0 cm³/mol. The topological polar surface area (TPSA) is 66.2 Å². The molecule has 0 aromatic heterocycles. The summed E-state index contributed by atoms with van der Waals surface area (Å²) in [5.41, 5.74) is -0.372. The van der Waals surface area contributed by atoms with Gasteiger partial charge in [0.05, 0.1) is 4.92 Å². The van der Waals surface area contributed by atoms with E-state index in [-0.39, 0.29) is 5.69 Å². The van der Waals surface area contributed by atoms with Crippen LogP contribution in [0.5, 0.6) is 5.75 Å². The summed E-state index contributed by atoms with van der Waals surface area (Å²) in [6, 6.07) is 9.63. The van der Waals surface area contributed by atoms with Gasteiger partial charge in [0.25, 0.3) is 5.69 Å². The molecule has 0 saturated heterocycles. The Balaban J connectivity index is 2.81. The molecule has 70 valence electrons. The lowest BCUT2D eigenvalue weighted by Gasteiger charge is -2.09. The summed E-state index contributed by atoms with van der Waals surface area (Å²) in [7, 11) is 0. The Morgan fingerprint density at radius 2 is 1.79 bits per heavy atom. The van der Waals surface area contributed by atoms with Crippen LogP contribution in [0.2, 0.25) is 0 Å². The monoisotopic (exact) mass is 188 g/mol. The van der Waals surface area contributed by atoms with Crippen molar-refractivity contribution in [2.24, 2.45) is 0 Å². The van der Waals surface area contributed by atoms with E-state index in [4.69, 9.17) is 0 Å². The highest BCUT2D eigenvalue weighted by atomic mass is 16.6. The SMILES string of the molecule is O=[N+]([O-])c1ccc2ccccc2c1[O-]. The molecule has 2 aromatic carbocycles. The Morgan fingerprint density at radius 3 is 2.50 bits per heavy atom. The Kier molecular flexibility index (Phi) is 1.81. The van der Waals surface area contributed by atoms with Gasteiger partial charge in [0.15, 0.2) is 0 Å². The van der Waals surface area contributed by atoms with Crippen molar-refractivity contribution >= 4 is 16.5 Å². The molecule has 0 unspecified atom stereocenters. The third kappa shape index (κ3) is 1.17. The number of fused-ring (bicyclic) bond motifs is 1. The number of hydrogen-bond donors (Lipinski definition) is 0. The maximum atomic E-state index is 11.5. The van der Waals surface area contributed by atoms with Gasteiger partial charge in [0, 0.05) is 6.07 Å². The second-order valence-corrected chi connectivity index (χ2v) is 2.89. The molecule has 0 aliphatic heterocycles. The molecule has 0 amide bonds. The van der Waals surface area contributed by atoms with Crippen LogP contribution in [0.25, 0.3) is 10.8 Å². The predicted octanol–water partition coefficient (Wildman–Crippen LogP) is 1.82. The summed E-state index contributed by atoms with van der Waals surface area (Å²) in [5, 5.41) is 23.1. The number of benzene rings is 2. The van der Waals surface area contributed by atoms with Crippen LogP contribution in [0.4, 0.5) is 5.69 Å². The van der Waals surface area contributed by atoms with Gasteiger partial charge in [-0.05, 0) is 22.6 Å². The number of nitro groups is 1. The Morgan fingerprint density at radius 1 is 1.07 bits per heavy atom. The van der Waals surface area contributed by atoms with E-state index in [2.05, 4.69) is 0 Å². The lowest BCUT2D eigenvalue weighted by Crippen LogP contribution is -1.98. The van der Waals surface area contributed by atoms with E-state index in [1.54, 1.807) is 30.3 Å².